The number of thioether (sulfide) groups is 1. The van der Waals surface area contributed by atoms with Crippen molar-refractivity contribution in [3.63, 3.8) is 0 Å². The van der Waals surface area contributed by atoms with Crippen LogP contribution in [-0.2, 0) is 6.42 Å². The highest BCUT2D eigenvalue weighted by Gasteiger charge is 2.02. The van der Waals surface area contributed by atoms with Crippen LogP contribution in [0.5, 0.6) is 5.75 Å². The summed E-state index contributed by atoms with van der Waals surface area (Å²) in [6.45, 7) is 2.87. The van der Waals surface area contributed by atoms with Crippen molar-refractivity contribution in [1.82, 2.24) is 0 Å². The van der Waals surface area contributed by atoms with E-state index in [1.54, 1.807) is 7.11 Å². The van der Waals surface area contributed by atoms with Gasteiger partial charge in [0.05, 0.1) is 7.11 Å². The van der Waals surface area contributed by atoms with Gasteiger partial charge in [0.25, 0.3) is 0 Å². The first-order valence-corrected chi connectivity index (χ1v) is 6.34. The smallest absolute Gasteiger partial charge is 0.122 e. The molecule has 0 aromatic heterocycles. The van der Waals surface area contributed by atoms with Crippen LogP contribution in [0, 0.1) is 6.92 Å². The molecule has 0 spiro atoms. The topological polar surface area (TPSA) is 35.2 Å². The summed E-state index contributed by atoms with van der Waals surface area (Å²) >= 11 is 1.89. The third-order valence-corrected chi connectivity index (χ3v) is 3.23. The summed E-state index contributed by atoms with van der Waals surface area (Å²) in [7, 11) is 1.72. The fraction of sp³-hybridized carbons (Fsp3) is 0.500. The third kappa shape index (κ3) is 4.14. The number of aryl methyl sites for hydroxylation is 2. The van der Waals surface area contributed by atoms with Gasteiger partial charge in [-0.2, -0.15) is 11.8 Å². The van der Waals surface area contributed by atoms with Crippen LogP contribution in [-0.4, -0.2) is 25.2 Å². The number of benzene rings is 1. The van der Waals surface area contributed by atoms with E-state index in [4.69, 9.17) is 10.5 Å². The van der Waals surface area contributed by atoms with E-state index in [1.807, 2.05) is 17.8 Å². The fourth-order valence-corrected chi connectivity index (χ4v) is 2.21. The minimum Gasteiger partial charge on any atom is -0.496 e. The number of hydrogen-bond donors (Lipinski definition) is 1. The zero-order chi connectivity index (χ0) is 11.1. The van der Waals surface area contributed by atoms with Crippen LogP contribution in [0.2, 0.25) is 0 Å². The highest BCUT2D eigenvalue weighted by atomic mass is 32.2. The first-order valence-electron chi connectivity index (χ1n) is 5.19. The van der Waals surface area contributed by atoms with Gasteiger partial charge in [-0.1, -0.05) is 17.7 Å². The van der Waals surface area contributed by atoms with Gasteiger partial charge in [0.2, 0.25) is 0 Å². The number of rotatable bonds is 6. The largest absolute Gasteiger partial charge is 0.496 e. The van der Waals surface area contributed by atoms with Crippen LogP contribution in [0.4, 0.5) is 0 Å². The Kier molecular flexibility index (Phi) is 5.58. The van der Waals surface area contributed by atoms with Crippen molar-refractivity contribution in [2.75, 3.05) is 25.2 Å². The molecule has 0 unspecified atom stereocenters. The normalized spacial score (nSPS) is 10.3. The van der Waals surface area contributed by atoms with Gasteiger partial charge in [-0.15, -0.1) is 0 Å². The third-order valence-electron chi connectivity index (χ3n) is 2.21. The summed E-state index contributed by atoms with van der Waals surface area (Å²) in [6.07, 6.45) is 1.05. The average molecular weight is 225 g/mol. The van der Waals surface area contributed by atoms with Crippen LogP contribution in [0.3, 0.4) is 0 Å². The van der Waals surface area contributed by atoms with Crippen LogP contribution in [0.1, 0.15) is 11.1 Å². The standard InChI is InChI=1S/C12H19NOS/c1-10-3-4-12(14-2)11(9-10)5-7-15-8-6-13/h3-4,9H,5-8,13H2,1-2H3. The molecular weight excluding hydrogens is 206 g/mol. The Morgan fingerprint density at radius 3 is 2.80 bits per heavy atom. The molecule has 0 aliphatic rings. The van der Waals surface area contributed by atoms with Crippen molar-refractivity contribution in [3.8, 4) is 5.75 Å². The maximum absolute atomic E-state index is 5.44. The molecular formula is C12H19NOS. The van der Waals surface area contributed by atoms with E-state index in [0.29, 0.717) is 0 Å². The Balaban J connectivity index is 2.54. The van der Waals surface area contributed by atoms with Crippen LogP contribution in [0.25, 0.3) is 0 Å². The van der Waals surface area contributed by atoms with Gasteiger partial charge in [0, 0.05) is 12.3 Å². The summed E-state index contributed by atoms with van der Waals surface area (Å²) in [6, 6.07) is 6.31. The van der Waals surface area contributed by atoms with E-state index in [0.717, 1.165) is 30.2 Å². The van der Waals surface area contributed by atoms with E-state index in [2.05, 4.69) is 19.1 Å². The maximum atomic E-state index is 5.44. The molecule has 0 saturated carbocycles. The van der Waals surface area contributed by atoms with Gasteiger partial charge >= 0.3 is 0 Å². The molecule has 0 bridgehead atoms. The van der Waals surface area contributed by atoms with Crippen molar-refractivity contribution >= 4 is 11.8 Å². The molecule has 0 radical (unpaired) electrons. The molecule has 1 rings (SSSR count). The molecule has 2 nitrogen and oxygen atoms in total. The molecule has 0 fully saturated rings. The predicted molar refractivity (Wildman–Crippen MR) is 67.8 cm³/mol. The summed E-state index contributed by atoms with van der Waals surface area (Å²) in [5, 5.41) is 0. The van der Waals surface area contributed by atoms with Crippen molar-refractivity contribution in [1.29, 1.82) is 0 Å². The molecule has 1 aromatic rings. The SMILES string of the molecule is COc1ccc(C)cc1CCSCCN. The van der Waals surface area contributed by atoms with E-state index >= 15 is 0 Å². The lowest BCUT2D eigenvalue weighted by Crippen LogP contribution is -2.03. The number of methoxy groups -OCH3 is 1. The monoisotopic (exact) mass is 225 g/mol. The average Bonchev–Trinajstić information content (AvgIpc) is 2.25. The minimum atomic E-state index is 0.760. The number of hydrogen-bond acceptors (Lipinski definition) is 3. The Labute approximate surface area is 96.2 Å². The van der Waals surface area contributed by atoms with Crippen molar-refractivity contribution in [3.05, 3.63) is 29.3 Å². The van der Waals surface area contributed by atoms with Crippen LogP contribution >= 0.6 is 11.8 Å². The van der Waals surface area contributed by atoms with Gasteiger partial charge < -0.3 is 10.5 Å². The molecule has 84 valence electrons. The van der Waals surface area contributed by atoms with Crippen molar-refractivity contribution in [2.24, 2.45) is 5.73 Å². The molecule has 0 atom stereocenters. The Morgan fingerprint density at radius 1 is 1.33 bits per heavy atom. The Morgan fingerprint density at radius 2 is 2.13 bits per heavy atom. The molecule has 0 heterocycles. The fourth-order valence-electron chi connectivity index (χ4n) is 1.47. The lowest BCUT2D eigenvalue weighted by atomic mass is 10.1. The zero-order valence-corrected chi connectivity index (χ0v) is 10.3. The summed E-state index contributed by atoms with van der Waals surface area (Å²) in [5.74, 6) is 3.14. The predicted octanol–water partition coefficient (Wildman–Crippen LogP) is 2.24. The van der Waals surface area contributed by atoms with Gasteiger partial charge in [-0.3, -0.25) is 0 Å². The molecule has 0 saturated heterocycles. The summed E-state index contributed by atoms with van der Waals surface area (Å²) < 4.78 is 5.32. The molecule has 0 aliphatic heterocycles. The van der Waals surface area contributed by atoms with Crippen LogP contribution < -0.4 is 10.5 Å². The molecule has 0 amide bonds. The molecule has 0 aliphatic carbocycles. The molecule has 3 heteroatoms. The van der Waals surface area contributed by atoms with E-state index in [1.165, 1.54) is 11.1 Å². The number of nitrogens with two attached hydrogens (primary N) is 1. The summed E-state index contributed by atoms with van der Waals surface area (Å²) in [5.41, 5.74) is 8.02. The quantitative estimate of drug-likeness (QED) is 0.754. The van der Waals surface area contributed by atoms with Crippen LogP contribution in [0.15, 0.2) is 18.2 Å². The van der Waals surface area contributed by atoms with E-state index < -0.39 is 0 Å². The molecule has 1 aromatic carbocycles. The molecule has 2 N–H and O–H groups in total. The highest BCUT2D eigenvalue weighted by molar-refractivity contribution is 7.99. The lowest BCUT2D eigenvalue weighted by molar-refractivity contribution is 0.410. The highest BCUT2D eigenvalue weighted by Crippen LogP contribution is 2.21. The van der Waals surface area contributed by atoms with E-state index in [-0.39, 0.29) is 0 Å². The van der Waals surface area contributed by atoms with Gasteiger partial charge in [0.15, 0.2) is 0 Å². The zero-order valence-electron chi connectivity index (χ0n) is 9.45. The lowest BCUT2D eigenvalue weighted by Gasteiger charge is -2.09. The Bertz CT molecular complexity index is 302. The number of ether oxygens (including phenoxy) is 1. The van der Waals surface area contributed by atoms with Gasteiger partial charge in [0.1, 0.15) is 5.75 Å². The maximum Gasteiger partial charge on any atom is 0.122 e. The first kappa shape index (κ1) is 12.4. The minimum absolute atomic E-state index is 0.760. The Hall–Kier alpha value is -0.670. The summed E-state index contributed by atoms with van der Waals surface area (Å²) in [4.78, 5) is 0. The molecule has 15 heavy (non-hydrogen) atoms. The second kappa shape index (κ2) is 6.75. The van der Waals surface area contributed by atoms with E-state index in [9.17, 15) is 0 Å². The van der Waals surface area contributed by atoms with Gasteiger partial charge in [-0.05, 0) is 30.7 Å². The first-order chi connectivity index (χ1) is 7.27. The second-order valence-corrected chi connectivity index (χ2v) is 4.69. The second-order valence-electron chi connectivity index (χ2n) is 3.47. The van der Waals surface area contributed by atoms with Crippen molar-refractivity contribution < 1.29 is 4.74 Å². The van der Waals surface area contributed by atoms with Crippen molar-refractivity contribution in [2.45, 2.75) is 13.3 Å². The van der Waals surface area contributed by atoms with Gasteiger partial charge in [-0.25, -0.2) is 0 Å².